The lowest BCUT2D eigenvalue weighted by Crippen LogP contribution is -2.52. The Morgan fingerprint density at radius 3 is 2.85 bits per heavy atom. The first-order valence-corrected chi connectivity index (χ1v) is 12.0. The van der Waals surface area contributed by atoms with E-state index in [1.807, 2.05) is 37.6 Å². The molecule has 0 aromatic carbocycles. The molecular formula is C26H30N8. The highest BCUT2D eigenvalue weighted by molar-refractivity contribution is 5.84. The molecule has 2 fully saturated rings. The van der Waals surface area contributed by atoms with Crippen molar-refractivity contribution in [3.05, 3.63) is 71.7 Å². The highest BCUT2D eigenvalue weighted by atomic mass is 15.2. The van der Waals surface area contributed by atoms with Gasteiger partial charge < -0.3 is 20.9 Å². The quantitative estimate of drug-likeness (QED) is 0.475. The van der Waals surface area contributed by atoms with Crippen LogP contribution in [-0.2, 0) is 12.1 Å². The fourth-order valence-corrected chi connectivity index (χ4v) is 5.16. The summed E-state index contributed by atoms with van der Waals surface area (Å²) in [5, 5.41) is 0. The molecule has 1 aliphatic carbocycles. The van der Waals surface area contributed by atoms with Gasteiger partial charge in [0, 0.05) is 36.6 Å². The van der Waals surface area contributed by atoms with Crippen molar-refractivity contribution >= 4 is 22.5 Å². The van der Waals surface area contributed by atoms with Crippen LogP contribution in [0.5, 0.6) is 0 Å². The molecule has 1 aliphatic heterocycles. The zero-order chi connectivity index (χ0) is 23.3. The van der Waals surface area contributed by atoms with Crippen LogP contribution in [0.2, 0.25) is 0 Å². The second kappa shape index (κ2) is 8.06. The standard InChI is InChI=1S/C26H30N8/c1-17-4-2-5-23(32-17)26(28)9-3-11-33(15-26)22-13-30-20(18-6-7-18)12-19(22)14-34-16-31-24-21(34)8-10-29-25(24)27/h2,4-5,8,10,12-13,16,18H,3,6-7,9,11,14-15,28H2,1H3,(H2,27,29). The lowest BCUT2D eigenvalue weighted by Gasteiger charge is -2.41. The highest BCUT2D eigenvalue weighted by Crippen LogP contribution is 2.41. The molecule has 0 bridgehead atoms. The van der Waals surface area contributed by atoms with Gasteiger partial charge in [-0.2, -0.15) is 0 Å². The van der Waals surface area contributed by atoms with Gasteiger partial charge in [-0.05, 0) is 62.4 Å². The van der Waals surface area contributed by atoms with Gasteiger partial charge in [0.15, 0.2) is 5.82 Å². The lowest BCUT2D eigenvalue weighted by atomic mass is 9.86. The van der Waals surface area contributed by atoms with Crippen molar-refractivity contribution in [3.63, 3.8) is 0 Å². The molecule has 34 heavy (non-hydrogen) atoms. The number of piperidine rings is 1. The molecule has 1 saturated carbocycles. The molecule has 4 aromatic rings. The summed E-state index contributed by atoms with van der Waals surface area (Å²) in [5.41, 5.74) is 19.8. The summed E-state index contributed by atoms with van der Waals surface area (Å²) < 4.78 is 2.14. The number of nitrogen functional groups attached to an aromatic ring is 1. The number of rotatable bonds is 5. The van der Waals surface area contributed by atoms with Crippen LogP contribution in [-0.4, -0.2) is 37.6 Å². The molecule has 8 nitrogen and oxygen atoms in total. The van der Waals surface area contributed by atoms with Gasteiger partial charge in [-0.15, -0.1) is 0 Å². The Hall–Kier alpha value is -3.52. The van der Waals surface area contributed by atoms with Crippen LogP contribution in [0.15, 0.2) is 49.1 Å². The lowest BCUT2D eigenvalue weighted by molar-refractivity contribution is 0.344. The van der Waals surface area contributed by atoms with Crippen LogP contribution in [0.3, 0.4) is 0 Å². The summed E-state index contributed by atoms with van der Waals surface area (Å²) in [6, 6.07) is 10.4. The van der Waals surface area contributed by atoms with Crippen LogP contribution in [0.4, 0.5) is 11.5 Å². The number of hydrogen-bond acceptors (Lipinski definition) is 7. The van der Waals surface area contributed by atoms with Crippen molar-refractivity contribution in [1.82, 2.24) is 24.5 Å². The Labute approximate surface area is 199 Å². The first-order valence-electron chi connectivity index (χ1n) is 12.0. The predicted molar refractivity (Wildman–Crippen MR) is 134 cm³/mol. The van der Waals surface area contributed by atoms with E-state index in [0.717, 1.165) is 47.5 Å². The molecule has 1 unspecified atom stereocenters. The Balaban J connectivity index is 1.37. The minimum atomic E-state index is -0.488. The van der Waals surface area contributed by atoms with E-state index in [2.05, 4.69) is 31.6 Å². The Bertz CT molecular complexity index is 1360. The van der Waals surface area contributed by atoms with Gasteiger partial charge in [-0.3, -0.25) is 9.97 Å². The average molecular weight is 455 g/mol. The number of aromatic nitrogens is 5. The first-order chi connectivity index (χ1) is 16.5. The predicted octanol–water partition coefficient (Wildman–Crippen LogP) is 3.49. The number of anilines is 2. The van der Waals surface area contributed by atoms with E-state index in [4.69, 9.17) is 21.4 Å². The zero-order valence-corrected chi connectivity index (χ0v) is 19.5. The van der Waals surface area contributed by atoms with Crippen molar-refractivity contribution in [3.8, 4) is 0 Å². The van der Waals surface area contributed by atoms with E-state index in [0.29, 0.717) is 24.8 Å². The van der Waals surface area contributed by atoms with E-state index in [1.165, 1.54) is 24.1 Å². The number of nitrogens with two attached hydrogens (primary N) is 2. The minimum Gasteiger partial charge on any atom is -0.382 e. The van der Waals surface area contributed by atoms with E-state index in [-0.39, 0.29) is 0 Å². The topological polar surface area (TPSA) is 112 Å². The molecular weight excluding hydrogens is 424 g/mol. The second-order valence-corrected chi connectivity index (χ2v) is 9.79. The number of aryl methyl sites for hydroxylation is 1. The minimum absolute atomic E-state index is 0.458. The van der Waals surface area contributed by atoms with Crippen molar-refractivity contribution in [2.45, 2.75) is 50.6 Å². The normalized spacial score (nSPS) is 20.7. The molecule has 4 N–H and O–H groups in total. The van der Waals surface area contributed by atoms with Gasteiger partial charge >= 0.3 is 0 Å². The maximum absolute atomic E-state index is 6.98. The van der Waals surface area contributed by atoms with Crippen LogP contribution in [0.1, 0.15) is 54.2 Å². The molecule has 5 heterocycles. The highest BCUT2D eigenvalue weighted by Gasteiger charge is 2.36. The van der Waals surface area contributed by atoms with Gasteiger partial charge in [-0.1, -0.05) is 6.07 Å². The molecule has 1 atom stereocenters. The number of pyridine rings is 3. The van der Waals surface area contributed by atoms with Crippen molar-refractivity contribution in [2.75, 3.05) is 23.7 Å². The van der Waals surface area contributed by atoms with E-state index in [1.54, 1.807) is 6.20 Å². The van der Waals surface area contributed by atoms with Gasteiger partial charge in [0.1, 0.15) is 5.52 Å². The molecule has 174 valence electrons. The smallest absolute Gasteiger partial charge is 0.151 e. The molecule has 6 rings (SSSR count). The first kappa shape index (κ1) is 21.0. The van der Waals surface area contributed by atoms with Crippen molar-refractivity contribution in [1.29, 1.82) is 0 Å². The summed E-state index contributed by atoms with van der Waals surface area (Å²) in [6.07, 6.45) is 10.00. The molecule has 0 amide bonds. The number of imidazole rings is 1. The summed E-state index contributed by atoms with van der Waals surface area (Å²) in [7, 11) is 0. The SMILES string of the molecule is Cc1cccc(C2(N)CCCN(c3cnc(C4CC4)cc3Cn3cnc4c(N)nccc43)C2)n1. The van der Waals surface area contributed by atoms with Crippen LogP contribution in [0, 0.1) is 6.92 Å². The molecule has 0 radical (unpaired) electrons. The summed E-state index contributed by atoms with van der Waals surface area (Å²) in [5.74, 6) is 1.04. The molecule has 1 saturated heterocycles. The largest absolute Gasteiger partial charge is 0.382 e. The van der Waals surface area contributed by atoms with Gasteiger partial charge in [0.25, 0.3) is 0 Å². The number of fused-ring (bicyclic) bond motifs is 1. The fourth-order valence-electron chi connectivity index (χ4n) is 5.16. The maximum Gasteiger partial charge on any atom is 0.151 e. The Morgan fingerprint density at radius 1 is 1.15 bits per heavy atom. The van der Waals surface area contributed by atoms with Gasteiger partial charge in [-0.25, -0.2) is 9.97 Å². The summed E-state index contributed by atoms with van der Waals surface area (Å²) in [6.45, 7) is 4.37. The summed E-state index contributed by atoms with van der Waals surface area (Å²) >= 11 is 0. The monoisotopic (exact) mass is 454 g/mol. The van der Waals surface area contributed by atoms with Crippen molar-refractivity contribution in [2.24, 2.45) is 5.73 Å². The molecule has 4 aromatic heterocycles. The van der Waals surface area contributed by atoms with Crippen LogP contribution >= 0.6 is 0 Å². The average Bonchev–Trinajstić information content (AvgIpc) is 3.61. The Kier molecular flexibility index (Phi) is 4.99. The summed E-state index contributed by atoms with van der Waals surface area (Å²) in [4.78, 5) is 20.7. The fraction of sp³-hybridized carbons (Fsp3) is 0.385. The van der Waals surface area contributed by atoms with Gasteiger partial charge in [0.05, 0.1) is 41.5 Å². The second-order valence-electron chi connectivity index (χ2n) is 9.79. The van der Waals surface area contributed by atoms with E-state index >= 15 is 0 Å². The van der Waals surface area contributed by atoms with Gasteiger partial charge in [0.2, 0.25) is 0 Å². The zero-order valence-electron chi connectivity index (χ0n) is 19.5. The van der Waals surface area contributed by atoms with E-state index < -0.39 is 5.54 Å². The molecule has 8 heteroatoms. The third kappa shape index (κ3) is 3.77. The molecule has 0 spiro atoms. The van der Waals surface area contributed by atoms with Crippen molar-refractivity contribution < 1.29 is 0 Å². The van der Waals surface area contributed by atoms with Crippen LogP contribution < -0.4 is 16.4 Å². The van der Waals surface area contributed by atoms with E-state index in [9.17, 15) is 0 Å². The maximum atomic E-state index is 6.98. The molecule has 2 aliphatic rings. The number of nitrogens with zero attached hydrogens (tertiary/aromatic N) is 6. The number of hydrogen-bond donors (Lipinski definition) is 2. The third-order valence-electron chi connectivity index (χ3n) is 7.15. The Morgan fingerprint density at radius 2 is 2.03 bits per heavy atom. The van der Waals surface area contributed by atoms with Crippen LogP contribution in [0.25, 0.3) is 11.0 Å². The third-order valence-corrected chi connectivity index (χ3v) is 7.15.